The zero-order chi connectivity index (χ0) is 27.7. The van der Waals surface area contributed by atoms with E-state index in [1.54, 1.807) is 0 Å². The number of carbonyl (C=O) groups is 2. The SMILES string of the molecule is CC(F)C(F)(F)n1ncc(NC(=O)c2nc(C3CC3)cnc2Nc2cncnc2)c1C(=O)NCC(C)(C)O. The lowest BCUT2D eigenvalue weighted by Gasteiger charge is -2.22. The number of halogens is 3. The first-order valence-electron chi connectivity index (χ1n) is 11.7. The van der Waals surface area contributed by atoms with Crippen LogP contribution in [0, 0.1) is 0 Å². The van der Waals surface area contributed by atoms with E-state index in [1.165, 1.54) is 38.8 Å². The maximum atomic E-state index is 14.6. The third-order valence-electron chi connectivity index (χ3n) is 5.50. The molecule has 15 heteroatoms. The topological polar surface area (TPSA) is 160 Å². The van der Waals surface area contributed by atoms with Crippen LogP contribution in [-0.2, 0) is 6.05 Å². The minimum Gasteiger partial charge on any atom is -0.389 e. The summed E-state index contributed by atoms with van der Waals surface area (Å²) in [5, 5.41) is 21.0. The number of aliphatic hydroxyl groups is 1. The van der Waals surface area contributed by atoms with Crippen molar-refractivity contribution in [3.05, 3.63) is 48.2 Å². The van der Waals surface area contributed by atoms with Crippen molar-refractivity contribution in [2.24, 2.45) is 0 Å². The van der Waals surface area contributed by atoms with Gasteiger partial charge in [0.15, 0.2) is 23.4 Å². The summed E-state index contributed by atoms with van der Waals surface area (Å²) in [6.07, 6.45) is 5.59. The van der Waals surface area contributed by atoms with Gasteiger partial charge in [0.2, 0.25) is 0 Å². The standard InChI is InChI=1S/C23H26F3N9O3/c1-12(24)23(25,26)35-18(21(37)30-10-22(2,3)38)16(9-31-35)34-20(36)17-19(32-14-6-27-11-28-7-14)29-8-15(33-17)13-4-5-13/h6-9,11-13,38H,4-5,10H2,1-3H3,(H,29,32)(H,30,37)(H,34,36). The van der Waals surface area contributed by atoms with Crippen molar-refractivity contribution < 1.29 is 27.9 Å². The molecule has 3 heterocycles. The molecule has 3 aromatic rings. The van der Waals surface area contributed by atoms with E-state index in [0.717, 1.165) is 19.0 Å². The number of amides is 2. The molecule has 1 atom stereocenters. The molecule has 38 heavy (non-hydrogen) atoms. The van der Waals surface area contributed by atoms with Crippen LogP contribution in [-0.4, -0.2) is 65.0 Å². The molecule has 3 aromatic heterocycles. The molecule has 4 rings (SSSR count). The van der Waals surface area contributed by atoms with Crippen LogP contribution in [0.2, 0.25) is 0 Å². The lowest BCUT2D eigenvalue weighted by Crippen LogP contribution is -2.42. The Morgan fingerprint density at radius 1 is 1.16 bits per heavy atom. The highest BCUT2D eigenvalue weighted by Gasteiger charge is 2.44. The number of anilines is 3. The Bertz CT molecular complexity index is 1320. The molecule has 1 aliphatic carbocycles. The van der Waals surface area contributed by atoms with Crippen LogP contribution >= 0.6 is 0 Å². The summed E-state index contributed by atoms with van der Waals surface area (Å²) in [6.45, 7) is 3.08. The van der Waals surface area contributed by atoms with Crippen LogP contribution in [0.15, 0.2) is 31.1 Å². The Morgan fingerprint density at radius 2 is 1.84 bits per heavy atom. The van der Waals surface area contributed by atoms with Crippen LogP contribution in [0.25, 0.3) is 0 Å². The first kappa shape index (κ1) is 26.9. The van der Waals surface area contributed by atoms with Crippen LogP contribution < -0.4 is 16.0 Å². The molecule has 1 aliphatic rings. The molecule has 1 fully saturated rings. The van der Waals surface area contributed by atoms with E-state index < -0.39 is 41.0 Å². The number of rotatable bonds is 10. The van der Waals surface area contributed by atoms with Crippen LogP contribution in [0.3, 0.4) is 0 Å². The minimum atomic E-state index is -4.21. The fraction of sp³-hybridized carbons (Fsp3) is 0.435. The fourth-order valence-corrected chi connectivity index (χ4v) is 3.34. The number of carbonyl (C=O) groups excluding carboxylic acids is 2. The van der Waals surface area contributed by atoms with Crippen LogP contribution in [0.5, 0.6) is 0 Å². The smallest absolute Gasteiger partial charge is 0.374 e. The maximum Gasteiger partial charge on any atom is 0.374 e. The van der Waals surface area contributed by atoms with Gasteiger partial charge in [-0.2, -0.15) is 18.6 Å². The second-order valence-corrected chi connectivity index (χ2v) is 9.49. The van der Waals surface area contributed by atoms with Gasteiger partial charge in [0, 0.05) is 12.5 Å². The molecule has 0 spiro atoms. The van der Waals surface area contributed by atoms with Crippen molar-refractivity contribution in [3.8, 4) is 0 Å². The summed E-state index contributed by atoms with van der Waals surface area (Å²) in [6, 6.07) is -4.21. The van der Waals surface area contributed by atoms with Crippen molar-refractivity contribution in [2.75, 3.05) is 17.2 Å². The number of nitrogens with zero attached hydrogens (tertiary/aromatic N) is 6. The van der Waals surface area contributed by atoms with Crippen LogP contribution in [0.4, 0.5) is 30.4 Å². The average Bonchev–Trinajstić information content (AvgIpc) is 3.62. The number of nitrogens with one attached hydrogen (secondary N) is 3. The maximum absolute atomic E-state index is 14.6. The Balaban J connectivity index is 1.70. The van der Waals surface area contributed by atoms with Gasteiger partial charge in [-0.3, -0.25) is 9.59 Å². The van der Waals surface area contributed by atoms with E-state index in [9.17, 15) is 27.9 Å². The van der Waals surface area contributed by atoms with Gasteiger partial charge in [0.05, 0.1) is 47.5 Å². The van der Waals surface area contributed by atoms with E-state index in [2.05, 4.69) is 41.0 Å². The Labute approximate surface area is 215 Å². The molecule has 0 aromatic carbocycles. The first-order chi connectivity index (χ1) is 17.9. The van der Waals surface area contributed by atoms with Gasteiger partial charge in [-0.1, -0.05) is 0 Å². The minimum absolute atomic E-state index is 0.0323. The highest BCUT2D eigenvalue weighted by Crippen LogP contribution is 2.39. The quantitative estimate of drug-likeness (QED) is 0.307. The highest BCUT2D eigenvalue weighted by atomic mass is 19.3. The summed E-state index contributed by atoms with van der Waals surface area (Å²) in [5.74, 6) is -1.83. The number of aromatic nitrogens is 6. The molecular weight excluding hydrogens is 507 g/mol. The number of hydrogen-bond acceptors (Lipinski definition) is 9. The Hall–Kier alpha value is -4.14. The van der Waals surface area contributed by atoms with Gasteiger partial charge >= 0.3 is 6.05 Å². The molecule has 12 nitrogen and oxygen atoms in total. The van der Waals surface area contributed by atoms with Crippen molar-refractivity contribution in [3.63, 3.8) is 0 Å². The molecule has 0 saturated heterocycles. The molecule has 2 amide bonds. The third-order valence-corrected chi connectivity index (χ3v) is 5.50. The van der Waals surface area contributed by atoms with Crippen molar-refractivity contribution in [2.45, 2.75) is 57.3 Å². The second-order valence-electron chi connectivity index (χ2n) is 9.49. The molecule has 4 N–H and O–H groups in total. The number of alkyl halides is 3. The van der Waals surface area contributed by atoms with Gasteiger partial charge in [0.25, 0.3) is 11.8 Å². The van der Waals surface area contributed by atoms with Crippen molar-refractivity contribution >= 4 is 29.0 Å². The Kier molecular flexibility index (Phi) is 7.31. The molecule has 0 bridgehead atoms. The summed E-state index contributed by atoms with van der Waals surface area (Å²) in [7, 11) is 0. The summed E-state index contributed by atoms with van der Waals surface area (Å²) < 4.78 is 43.0. The first-order valence-corrected chi connectivity index (χ1v) is 11.7. The lowest BCUT2D eigenvalue weighted by atomic mass is 10.1. The van der Waals surface area contributed by atoms with Crippen molar-refractivity contribution in [1.82, 2.24) is 35.0 Å². The largest absolute Gasteiger partial charge is 0.389 e. The van der Waals surface area contributed by atoms with Gasteiger partial charge in [-0.25, -0.2) is 24.3 Å². The van der Waals surface area contributed by atoms with E-state index in [0.29, 0.717) is 18.3 Å². The average molecular weight is 534 g/mol. The predicted octanol–water partition coefficient (Wildman–Crippen LogP) is 2.74. The zero-order valence-electron chi connectivity index (χ0n) is 20.7. The Morgan fingerprint density at radius 3 is 2.45 bits per heavy atom. The van der Waals surface area contributed by atoms with Crippen molar-refractivity contribution in [1.29, 1.82) is 0 Å². The van der Waals surface area contributed by atoms with Gasteiger partial charge in [0.1, 0.15) is 6.33 Å². The highest BCUT2D eigenvalue weighted by molar-refractivity contribution is 6.09. The van der Waals surface area contributed by atoms with E-state index >= 15 is 0 Å². The second kappa shape index (κ2) is 10.3. The molecule has 0 radical (unpaired) electrons. The van der Waals surface area contributed by atoms with E-state index in [-0.39, 0.29) is 28.7 Å². The predicted molar refractivity (Wildman–Crippen MR) is 129 cm³/mol. The van der Waals surface area contributed by atoms with Gasteiger partial charge in [-0.05, 0) is 33.6 Å². The molecule has 0 aliphatic heterocycles. The summed E-state index contributed by atoms with van der Waals surface area (Å²) >= 11 is 0. The molecular formula is C23H26F3N9O3. The monoisotopic (exact) mass is 533 g/mol. The molecule has 1 saturated carbocycles. The van der Waals surface area contributed by atoms with E-state index in [4.69, 9.17) is 0 Å². The van der Waals surface area contributed by atoms with Crippen LogP contribution in [0.1, 0.15) is 66.2 Å². The van der Waals surface area contributed by atoms with E-state index in [1.807, 2.05) is 0 Å². The molecule has 202 valence electrons. The normalized spacial score (nSPS) is 14.6. The lowest BCUT2D eigenvalue weighted by molar-refractivity contribution is -0.146. The fourth-order valence-electron chi connectivity index (χ4n) is 3.34. The number of hydrogen-bond donors (Lipinski definition) is 4. The summed E-state index contributed by atoms with van der Waals surface area (Å²) in [4.78, 5) is 42.7. The zero-order valence-corrected chi connectivity index (χ0v) is 20.7. The molecule has 1 unspecified atom stereocenters. The van der Waals surface area contributed by atoms with Gasteiger partial charge < -0.3 is 21.1 Å². The van der Waals surface area contributed by atoms with Gasteiger partial charge in [-0.15, -0.1) is 0 Å². The summed E-state index contributed by atoms with van der Waals surface area (Å²) in [5.41, 5.74) is -1.81. The third kappa shape index (κ3) is 6.04.